The van der Waals surface area contributed by atoms with Crippen molar-refractivity contribution in [3.63, 3.8) is 0 Å². The van der Waals surface area contributed by atoms with Crippen LogP contribution in [0.2, 0.25) is 0 Å². The van der Waals surface area contributed by atoms with Crippen molar-refractivity contribution in [2.24, 2.45) is 23.7 Å². The number of ether oxygens (including phenoxy) is 2. The van der Waals surface area contributed by atoms with Gasteiger partial charge in [-0.3, -0.25) is 19.3 Å². The first kappa shape index (κ1) is 23.7. The van der Waals surface area contributed by atoms with Crippen LogP contribution in [0.4, 0.5) is 5.13 Å². The van der Waals surface area contributed by atoms with Crippen LogP contribution in [0.3, 0.4) is 0 Å². The highest BCUT2D eigenvalue weighted by molar-refractivity contribution is 7.22. The minimum Gasteiger partial charge on any atom is -0.497 e. The van der Waals surface area contributed by atoms with Gasteiger partial charge in [-0.25, -0.2) is 4.98 Å². The van der Waals surface area contributed by atoms with Crippen molar-refractivity contribution < 1.29 is 23.9 Å². The Bertz CT molecular complexity index is 1380. The molecule has 5 atom stereocenters. The number of amides is 3. The third-order valence-electron chi connectivity index (χ3n) is 7.61. The molecule has 6 rings (SSSR count). The fraction of sp³-hybridized carbons (Fsp3) is 0.357. The Labute approximate surface area is 218 Å². The minimum atomic E-state index is -0.713. The highest BCUT2D eigenvalue weighted by atomic mass is 32.1. The summed E-state index contributed by atoms with van der Waals surface area (Å²) in [5.41, 5.74) is 1.47. The van der Waals surface area contributed by atoms with Crippen molar-refractivity contribution in [2.45, 2.75) is 25.8 Å². The quantitative estimate of drug-likeness (QED) is 0.347. The topological polar surface area (TPSA) is 97.8 Å². The number of methoxy groups -OCH3 is 1. The summed E-state index contributed by atoms with van der Waals surface area (Å²) >= 11 is 1.35. The lowest BCUT2D eigenvalue weighted by molar-refractivity contribution is -0.144. The van der Waals surface area contributed by atoms with E-state index in [4.69, 9.17) is 9.47 Å². The molecule has 190 valence electrons. The van der Waals surface area contributed by atoms with Gasteiger partial charge in [0.05, 0.1) is 48.2 Å². The summed E-state index contributed by atoms with van der Waals surface area (Å²) in [6, 6.07) is 12.1. The molecule has 0 spiro atoms. The summed E-state index contributed by atoms with van der Waals surface area (Å²) in [5, 5.41) is 3.34. The van der Waals surface area contributed by atoms with Gasteiger partial charge in [0.25, 0.3) is 0 Å². The number of hydrogen-bond donors (Lipinski definition) is 1. The van der Waals surface area contributed by atoms with Crippen molar-refractivity contribution >= 4 is 44.4 Å². The fourth-order valence-electron chi connectivity index (χ4n) is 5.98. The molecule has 2 fully saturated rings. The van der Waals surface area contributed by atoms with Crippen LogP contribution in [0.5, 0.6) is 11.5 Å². The fourth-order valence-corrected chi connectivity index (χ4v) is 6.89. The van der Waals surface area contributed by atoms with Gasteiger partial charge in [0.1, 0.15) is 11.5 Å². The number of rotatable bonds is 8. The van der Waals surface area contributed by atoms with E-state index in [1.807, 2.05) is 37.3 Å². The van der Waals surface area contributed by atoms with Crippen LogP contribution >= 0.6 is 11.3 Å². The Morgan fingerprint density at radius 2 is 1.76 bits per heavy atom. The number of thiazole rings is 1. The highest BCUT2D eigenvalue weighted by Gasteiger charge is 2.60. The Morgan fingerprint density at radius 3 is 2.41 bits per heavy atom. The average Bonchev–Trinajstić information content (AvgIpc) is 3.66. The SMILES string of the molecule is CCOc1ccc2nc(NC(=O)CC(c3ccc(OC)cc3)N3C(=O)C4C5C=CC(C5)C4C3=O)sc2c1. The maximum Gasteiger partial charge on any atom is 0.234 e. The first-order chi connectivity index (χ1) is 18.0. The number of nitrogens with one attached hydrogen (secondary N) is 1. The van der Waals surface area contributed by atoms with E-state index < -0.39 is 6.04 Å². The lowest BCUT2D eigenvalue weighted by atomic mass is 9.85. The maximum atomic E-state index is 13.6. The molecule has 37 heavy (non-hydrogen) atoms. The number of likely N-dealkylation sites (tertiary alicyclic amines) is 1. The van der Waals surface area contributed by atoms with Gasteiger partial charge in [0.15, 0.2) is 5.13 Å². The van der Waals surface area contributed by atoms with Gasteiger partial charge in [-0.1, -0.05) is 35.6 Å². The molecule has 1 aliphatic heterocycles. The molecule has 3 aliphatic rings. The van der Waals surface area contributed by atoms with E-state index in [0.29, 0.717) is 23.1 Å². The lowest BCUT2D eigenvalue weighted by Gasteiger charge is -2.28. The smallest absolute Gasteiger partial charge is 0.234 e. The second-order valence-electron chi connectivity index (χ2n) is 9.67. The number of carbonyl (C=O) groups excluding carboxylic acids is 3. The third-order valence-corrected chi connectivity index (χ3v) is 8.55. The van der Waals surface area contributed by atoms with Crippen LogP contribution in [-0.4, -0.2) is 41.3 Å². The normalized spacial score (nSPS) is 24.5. The zero-order valence-corrected chi connectivity index (χ0v) is 21.4. The number of hydrogen-bond acceptors (Lipinski definition) is 7. The van der Waals surface area contributed by atoms with Crippen LogP contribution in [-0.2, 0) is 14.4 Å². The van der Waals surface area contributed by atoms with Crippen molar-refractivity contribution in [1.82, 2.24) is 9.88 Å². The molecule has 3 amide bonds. The van der Waals surface area contributed by atoms with Gasteiger partial charge in [-0.15, -0.1) is 0 Å². The van der Waals surface area contributed by atoms with Gasteiger partial charge >= 0.3 is 0 Å². The summed E-state index contributed by atoms with van der Waals surface area (Å²) in [4.78, 5) is 46.2. The third kappa shape index (κ3) is 4.07. The Morgan fingerprint density at radius 1 is 1.08 bits per heavy atom. The molecule has 2 bridgehead atoms. The number of allylic oxidation sites excluding steroid dienone is 2. The number of carbonyl (C=O) groups is 3. The molecule has 8 nitrogen and oxygen atoms in total. The first-order valence-electron chi connectivity index (χ1n) is 12.5. The predicted octanol–water partition coefficient (Wildman–Crippen LogP) is 4.58. The summed E-state index contributed by atoms with van der Waals surface area (Å²) in [7, 11) is 1.58. The van der Waals surface area contributed by atoms with E-state index in [1.165, 1.54) is 16.2 Å². The van der Waals surface area contributed by atoms with Gasteiger partial charge in [0.2, 0.25) is 17.7 Å². The molecule has 2 aromatic carbocycles. The lowest BCUT2D eigenvalue weighted by Crippen LogP contribution is -2.38. The van der Waals surface area contributed by atoms with Crippen LogP contribution in [0.15, 0.2) is 54.6 Å². The average molecular weight is 518 g/mol. The van der Waals surface area contributed by atoms with E-state index in [0.717, 1.165) is 22.4 Å². The minimum absolute atomic E-state index is 0.0634. The van der Waals surface area contributed by atoms with E-state index in [1.54, 1.807) is 19.2 Å². The molecule has 1 saturated carbocycles. The standard InChI is InChI=1S/C28H27N3O5S/c1-3-36-19-10-11-20-22(13-19)37-28(29-20)30-23(32)14-21(15-6-8-18(35-2)9-7-15)31-26(33)24-16-4-5-17(12-16)25(24)27(31)34/h4-11,13,16-17,21,24-25H,3,12,14H2,1-2H3,(H,29,30,32). The number of aromatic nitrogens is 1. The van der Waals surface area contributed by atoms with Gasteiger partial charge in [0, 0.05) is 0 Å². The summed E-state index contributed by atoms with van der Waals surface area (Å²) in [6.45, 7) is 2.49. The number of imide groups is 1. The van der Waals surface area contributed by atoms with E-state index >= 15 is 0 Å². The van der Waals surface area contributed by atoms with Gasteiger partial charge in [-0.2, -0.15) is 0 Å². The zero-order valence-electron chi connectivity index (χ0n) is 20.5. The van der Waals surface area contributed by atoms with Crippen molar-refractivity contribution in [3.05, 3.63) is 60.2 Å². The van der Waals surface area contributed by atoms with Crippen molar-refractivity contribution in [3.8, 4) is 11.5 Å². The molecule has 2 heterocycles. The van der Waals surface area contributed by atoms with Gasteiger partial charge in [-0.05, 0) is 61.1 Å². The summed E-state index contributed by atoms with van der Waals surface area (Å²) in [5.74, 6) is 0.293. The van der Waals surface area contributed by atoms with Crippen molar-refractivity contribution in [2.75, 3.05) is 19.0 Å². The van der Waals surface area contributed by atoms with E-state index in [-0.39, 0.29) is 47.8 Å². The molecule has 0 radical (unpaired) electrons. The molecule has 1 N–H and O–H groups in total. The molecule has 2 aliphatic carbocycles. The first-order valence-corrected chi connectivity index (χ1v) is 13.3. The largest absolute Gasteiger partial charge is 0.497 e. The van der Waals surface area contributed by atoms with E-state index in [2.05, 4.69) is 22.5 Å². The predicted molar refractivity (Wildman–Crippen MR) is 139 cm³/mol. The Hall–Kier alpha value is -3.72. The monoisotopic (exact) mass is 517 g/mol. The van der Waals surface area contributed by atoms with Crippen LogP contribution in [0.1, 0.15) is 31.4 Å². The molecular formula is C28H27N3O5S. The number of fused-ring (bicyclic) bond motifs is 6. The Balaban J connectivity index is 1.26. The van der Waals surface area contributed by atoms with Crippen LogP contribution in [0, 0.1) is 23.7 Å². The molecule has 1 saturated heterocycles. The maximum absolute atomic E-state index is 13.6. The molecule has 1 aromatic heterocycles. The van der Waals surface area contributed by atoms with Crippen LogP contribution in [0.25, 0.3) is 10.2 Å². The highest BCUT2D eigenvalue weighted by Crippen LogP contribution is 2.54. The van der Waals surface area contributed by atoms with Gasteiger partial charge < -0.3 is 14.8 Å². The zero-order chi connectivity index (χ0) is 25.7. The second-order valence-corrected chi connectivity index (χ2v) is 10.7. The molecular weight excluding hydrogens is 490 g/mol. The summed E-state index contributed by atoms with van der Waals surface area (Å²) < 4.78 is 11.7. The number of anilines is 1. The molecule has 9 heteroatoms. The molecule has 3 aromatic rings. The van der Waals surface area contributed by atoms with Crippen molar-refractivity contribution in [1.29, 1.82) is 0 Å². The second kappa shape index (κ2) is 9.30. The Kier molecular flexibility index (Phi) is 5.95. The van der Waals surface area contributed by atoms with E-state index in [9.17, 15) is 14.4 Å². The number of nitrogens with zero attached hydrogens (tertiary/aromatic N) is 2. The molecule has 5 unspecified atom stereocenters. The summed E-state index contributed by atoms with van der Waals surface area (Å²) in [6.07, 6.45) is 4.93. The number of benzene rings is 2. The van der Waals surface area contributed by atoms with Crippen LogP contribution < -0.4 is 14.8 Å².